The maximum atomic E-state index is 11.0. The van der Waals surface area contributed by atoms with Gasteiger partial charge >= 0.3 is 0 Å². The molecule has 0 radical (unpaired) electrons. The smallest absolute Gasteiger partial charge is 0.208 e. The summed E-state index contributed by atoms with van der Waals surface area (Å²) in [6.07, 6.45) is 1.14. The first-order valence-corrected chi connectivity index (χ1v) is 10.00. The summed E-state index contributed by atoms with van der Waals surface area (Å²) in [7, 11) is -1.20. The van der Waals surface area contributed by atoms with Crippen LogP contribution >= 0.6 is 51.2 Å². The van der Waals surface area contributed by atoms with Gasteiger partial charge < -0.3 is 10.2 Å². The Morgan fingerprint density at radius 2 is 2.14 bits per heavy atom. The normalized spacial score (nSPS) is 11.9. The quantitative estimate of drug-likeness (QED) is 0.248. The first-order valence-electron chi connectivity index (χ1n) is 6.50. The molecule has 0 aliphatic rings. The number of rotatable bonds is 7. The third kappa shape index (κ3) is 9.28. The van der Waals surface area contributed by atoms with E-state index >= 15 is 0 Å². The molecule has 1 rings (SSSR count). The monoisotopic (exact) mass is 524 g/mol. The highest BCUT2D eigenvalue weighted by atomic mass is 127. The van der Waals surface area contributed by atoms with Crippen LogP contribution in [0.2, 0.25) is 0 Å². The van der Waals surface area contributed by atoms with E-state index in [2.05, 4.69) is 37.0 Å². The highest BCUT2D eigenvalue weighted by Gasteiger charge is 2.08. The minimum absolute atomic E-state index is 0. The molecule has 1 heterocycles. The summed E-state index contributed by atoms with van der Waals surface area (Å²) in [5.74, 6) is 0.761. The van der Waals surface area contributed by atoms with Crippen LogP contribution < -0.4 is 10.0 Å². The summed E-state index contributed by atoms with van der Waals surface area (Å²) in [6.45, 7) is 4.21. The maximum absolute atomic E-state index is 11.0. The maximum Gasteiger partial charge on any atom is 0.208 e. The Labute approximate surface area is 162 Å². The highest BCUT2D eigenvalue weighted by Crippen LogP contribution is 2.22. The van der Waals surface area contributed by atoms with Gasteiger partial charge in [-0.3, -0.25) is 4.99 Å². The second-order valence-electron chi connectivity index (χ2n) is 4.46. The molecule has 6 nitrogen and oxygen atoms in total. The van der Waals surface area contributed by atoms with Crippen LogP contribution in [0.25, 0.3) is 0 Å². The van der Waals surface area contributed by atoms with Gasteiger partial charge in [-0.15, -0.1) is 35.3 Å². The molecular weight excluding hydrogens is 503 g/mol. The van der Waals surface area contributed by atoms with Gasteiger partial charge in [0.1, 0.15) is 0 Å². The lowest BCUT2D eigenvalue weighted by atomic mass is 10.4. The van der Waals surface area contributed by atoms with Gasteiger partial charge in [0.05, 0.1) is 23.1 Å². The van der Waals surface area contributed by atoms with Gasteiger partial charge in [-0.25, -0.2) is 13.1 Å². The predicted molar refractivity (Wildman–Crippen MR) is 108 cm³/mol. The van der Waals surface area contributed by atoms with Crippen LogP contribution in [0.3, 0.4) is 0 Å². The highest BCUT2D eigenvalue weighted by molar-refractivity contribution is 14.0. The van der Waals surface area contributed by atoms with E-state index in [1.807, 2.05) is 24.9 Å². The number of hydrogen-bond acceptors (Lipinski definition) is 4. The van der Waals surface area contributed by atoms with Crippen molar-refractivity contribution >= 4 is 67.2 Å². The second-order valence-corrected chi connectivity index (χ2v) is 8.84. The lowest BCUT2D eigenvalue weighted by Gasteiger charge is -2.21. The number of aliphatic imine (C=N–C) groups is 1. The molecule has 0 fully saturated rings. The number of hydrogen-bond donors (Lipinski definition) is 2. The molecule has 0 unspecified atom stereocenters. The Morgan fingerprint density at radius 1 is 1.45 bits per heavy atom. The van der Waals surface area contributed by atoms with Gasteiger partial charge in [-0.2, -0.15) is 0 Å². The van der Waals surface area contributed by atoms with Crippen molar-refractivity contribution in [1.29, 1.82) is 0 Å². The van der Waals surface area contributed by atoms with E-state index in [4.69, 9.17) is 0 Å². The molecule has 0 amide bonds. The van der Waals surface area contributed by atoms with E-state index in [0.29, 0.717) is 13.1 Å². The lowest BCUT2D eigenvalue weighted by molar-refractivity contribution is 0.481. The Balaban J connectivity index is 0.00000441. The van der Waals surface area contributed by atoms with Gasteiger partial charge in [0.25, 0.3) is 0 Å². The molecule has 0 saturated heterocycles. The topological polar surface area (TPSA) is 73.8 Å². The van der Waals surface area contributed by atoms with Crippen LogP contribution in [0, 0.1) is 0 Å². The van der Waals surface area contributed by atoms with Gasteiger partial charge in [0, 0.05) is 25.0 Å². The predicted octanol–water partition coefficient (Wildman–Crippen LogP) is 2.08. The molecule has 0 atom stereocenters. The van der Waals surface area contributed by atoms with E-state index in [9.17, 15) is 8.42 Å². The molecule has 0 bridgehead atoms. The van der Waals surface area contributed by atoms with Gasteiger partial charge in [-0.1, -0.05) is 0 Å². The molecule has 0 aliphatic heterocycles. The van der Waals surface area contributed by atoms with Gasteiger partial charge in [0.15, 0.2) is 5.96 Å². The molecule has 0 aromatic carbocycles. The third-order valence-electron chi connectivity index (χ3n) is 2.46. The average molecular weight is 525 g/mol. The molecule has 128 valence electrons. The number of nitrogens with one attached hydrogen (secondary N) is 2. The van der Waals surface area contributed by atoms with E-state index < -0.39 is 10.0 Å². The Hall–Kier alpha value is 0.0900. The fourth-order valence-corrected chi connectivity index (χ4v) is 3.61. The van der Waals surface area contributed by atoms with E-state index in [-0.39, 0.29) is 24.0 Å². The minimum atomic E-state index is -3.16. The van der Waals surface area contributed by atoms with Crippen molar-refractivity contribution in [2.24, 2.45) is 4.99 Å². The summed E-state index contributed by atoms with van der Waals surface area (Å²) in [6, 6.07) is 4.09. The molecule has 10 heteroatoms. The first-order chi connectivity index (χ1) is 9.81. The van der Waals surface area contributed by atoms with Crippen LogP contribution in [0.5, 0.6) is 0 Å². The summed E-state index contributed by atoms with van der Waals surface area (Å²) in [5, 5.41) is 3.20. The molecule has 22 heavy (non-hydrogen) atoms. The van der Waals surface area contributed by atoms with Crippen LogP contribution in [0.15, 0.2) is 20.9 Å². The average Bonchev–Trinajstić information content (AvgIpc) is 2.77. The molecule has 0 spiro atoms. The fraction of sp³-hybridized carbons (Fsp3) is 0.583. The van der Waals surface area contributed by atoms with Gasteiger partial charge in [0.2, 0.25) is 10.0 Å². The summed E-state index contributed by atoms with van der Waals surface area (Å²) < 4.78 is 25.5. The summed E-state index contributed by atoms with van der Waals surface area (Å²) in [4.78, 5) is 7.66. The molecular formula is C12H22BrIN4O2S2. The van der Waals surface area contributed by atoms with Crippen molar-refractivity contribution < 1.29 is 8.42 Å². The molecule has 0 saturated carbocycles. The zero-order chi connectivity index (χ0) is 15.9. The van der Waals surface area contributed by atoms with E-state index in [1.54, 1.807) is 11.3 Å². The van der Waals surface area contributed by atoms with Crippen LogP contribution in [-0.2, 0) is 16.6 Å². The molecule has 0 aliphatic carbocycles. The molecule has 1 aromatic heterocycles. The Bertz CT molecular complexity index is 577. The second kappa shape index (κ2) is 10.8. The van der Waals surface area contributed by atoms with Gasteiger partial charge in [-0.05, 0) is 35.0 Å². The van der Waals surface area contributed by atoms with Crippen molar-refractivity contribution in [2.75, 3.05) is 32.9 Å². The first kappa shape index (κ1) is 22.1. The molecule has 1 aromatic rings. The van der Waals surface area contributed by atoms with Crippen LogP contribution in [0.4, 0.5) is 0 Å². The number of guanidine groups is 1. The minimum Gasteiger partial charge on any atom is -0.357 e. The summed E-state index contributed by atoms with van der Waals surface area (Å²) in [5.41, 5.74) is 0. The largest absolute Gasteiger partial charge is 0.357 e. The third-order valence-corrected chi connectivity index (χ3v) is 4.79. The van der Waals surface area contributed by atoms with Crippen molar-refractivity contribution in [2.45, 2.75) is 13.5 Å². The molecule has 2 N–H and O–H groups in total. The number of halogens is 2. The van der Waals surface area contributed by atoms with Crippen molar-refractivity contribution in [3.8, 4) is 0 Å². The lowest BCUT2D eigenvalue weighted by Crippen LogP contribution is -2.39. The van der Waals surface area contributed by atoms with Crippen molar-refractivity contribution in [1.82, 2.24) is 14.9 Å². The van der Waals surface area contributed by atoms with Crippen LogP contribution in [-0.4, -0.2) is 52.2 Å². The summed E-state index contributed by atoms with van der Waals surface area (Å²) >= 11 is 5.13. The van der Waals surface area contributed by atoms with E-state index in [1.165, 1.54) is 4.88 Å². The van der Waals surface area contributed by atoms with Crippen molar-refractivity contribution in [3.63, 3.8) is 0 Å². The fourth-order valence-electron chi connectivity index (χ4n) is 1.61. The SMILES string of the molecule is CCNC(=NCCNS(C)(=O)=O)N(C)Cc1ccc(Br)s1.I. The number of sulfonamides is 1. The Morgan fingerprint density at radius 3 is 2.64 bits per heavy atom. The zero-order valence-electron chi connectivity index (χ0n) is 12.8. The zero-order valence-corrected chi connectivity index (χ0v) is 18.3. The number of thiophene rings is 1. The number of nitrogens with zero attached hydrogens (tertiary/aromatic N) is 2. The van der Waals surface area contributed by atoms with Crippen LogP contribution in [0.1, 0.15) is 11.8 Å². The van der Waals surface area contributed by atoms with E-state index in [0.717, 1.165) is 29.1 Å². The Kier molecular flexibility index (Phi) is 10.8. The van der Waals surface area contributed by atoms with Crippen molar-refractivity contribution in [3.05, 3.63) is 20.8 Å². The standard InChI is InChI=1S/C12H21BrN4O2S2.HI/c1-4-14-12(15-7-8-16-21(3,18)19)17(2)9-10-5-6-11(13)20-10;/h5-6,16H,4,7-9H2,1-3H3,(H,14,15);1H.